The molecule has 0 aliphatic carbocycles. The Morgan fingerprint density at radius 3 is 2.75 bits per heavy atom. The minimum Gasteiger partial charge on any atom is -0.398 e. The summed E-state index contributed by atoms with van der Waals surface area (Å²) in [7, 11) is -3.79. The fourth-order valence-electron chi connectivity index (χ4n) is 1.89. The number of rotatable bonds is 3. The molecule has 3 rings (SSSR count). The first-order chi connectivity index (χ1) is 9.58. The first-order valence-electron chi connectivity index (χ1n) is 5.73. The van der Waals surface area contributed by atoms with Crippen LogP contribution in [0.1, 0.15) is 0 Å². The minimum absolute atomic E-state index is 0.0544. The van der Waals surface area contributed by atoms with Crippen molar-refractivity contribution in [2.45, 2.75) is 4.90 Å². The van der Waals surface area contributed by atoms with E-state index in [-0.39, 0.29) is 10.8 Å². The molecule has 7 nitrogen and oxygen atoms in total. The van der Waals surface area contributed by atoms with Crippen LogP contribution >= 0.6 is 0 Å². The van der Waals surface area contributed by atoms with E-state index < -0.39 is 10.0 Å². The number of nitrogens with two attached hydrogens (primary N) is 1. The van der Waals surface area contributed by atoms with E-state index in [2.05, 4.69) is 19.7 Å². The average Bonchev–Trinajstić information content (AvgIpc) is 2.91. The SMILES string of the molecule is Nc1ccc(S(=O)(=O)Nc2ncc[nH]2)c2ncccc12. The smallest absolute Gasteiger partial charge is 0.266 e. The maximum atomic E-state index is 12.4. The molecule has 0 spiro atoms. The molecule has 2 heterocycles. The number of aromatic nitrogens is 3. The van der Waals surface area contributed by atoms with Crippen LogP contribution in [0.25, 0.3) is 10.9 Å². The number of benzene rings is 1. The zero-order valence-electron chi connectivity index (χ0n) is 10.2. The third-order valence-electron chi connectivity index (χ3n) is 2.79. The molecule has 0 saturated carbocycles. The van der Waals surface area contributed by atoms with Crippen LogP contribution in [-0.4, -0.2) is 23.4 Å². The van der Waals surface area contributed by atoms with Gasteiger partial charge in [-0.2, -0.15) is 0 Å². The van der Waals surface area contributed by atoms with Gasteiger partial charge in [0.1, 0.15) is 4.90 Å². The number of nitrogen functional groups attached to an aromatic ring is 1. The molecule has 4 N–H and O–H groups in total. The number of sulfonamides is 1. The van der Waals surface area contributed by atoms with Crippen molar-refractivity contribution in [2.75, 3.05) is 10.5 Å². The highest BCUT2D eigenvalue weighted by Crippen LogP contribution is 2.26. The predicted molar refractivity (Wildman–Crippen MR) is 75.6 cm³/mol. The molecule has 0 fully saturated rings. The molecule has 2 aromatic heterocycles. The monoisotopic (exact) mass is 289 g/mol. The van der Waals surface area contributed by atoms with Gasteiger partial charge in [0, 0.05) is 29.7 Å². The zero-order valence-corrected chi connectivity index (χ0v) is 11.1. The van der Waals surface area contributed by atoms with Crippen molar-refractivity contribution in [1.29, 1.82) is 0 Å². The van der Waals surface area contributed by atoms with Crippen molar-refractivity contribution in [3.8, 4) is 0 Å². The Bertz CT molecular complexity index is 859. The van der Waals surface area contributed by atoms with Gasteiger partial charge in [-0.1, -0.05) is 0 Å². The molecule has 102 valence electrons. The normalized spacial score (nSPS) is 11.6. The van der Waals surface area contributed by atoms with E-state index >= 15 is 0 Å². The Morgan fingerprint density at radius 1 is 1.15 bits per heavy atom. The van der Waals surface area contributed by atoms with Gasteiger partial charge in [0.2, 0.25) is 5.95 Å². The number of hydrogen-bond acceptors (Lipinski definition) is 5. The standard InChI is InChI=1S/C12H11N5O2S/c13-9-3-4-10(11-8(9)2-1-5-14-11)20(18,19)17-12-15-6-7-16-12/h1-7H,13H2,(H2,15,16,17). The Balaban J connectivity index is 2.17. The fraction of sp³-hybridized carbons (Fsp3) is 0. The largest absolute Gasteiger partial charge is 0.398 e. The molecule has 3 aromatic rings. The molecule has 0 unspecified atom stereocenters. The van der Waals surface area contributed by atoms with Gasteiger partial charge < -0.3 is 10.7 Å². The summed E-state index contributed by atoms with van der Waals surface area (Å²) in [5, 5.41) is 0.592. The molecule has 8 heteroatoms. The summed E-state index contributed by atoms with van der Waals surface area (Å²) < 4.78 is 27.1. The second-order valence-electron chi connectivity index (χ2n) is 4.10. The van der Waals surface area contributed by atoms with Crippen LogP contribution in [0.5, 0.6) is 0 Å². The number of fused-ring (bicyclic) bond motifs is 1. The lowest BCUT2D eigenvalue weighted by atomic mass is 10.2. The summed E-state index contributed by atoms with van der Waals surface area (Å²) in [6.07, 6.45) is 4.50. The highest BCUT2D eigenvalue weighted by Gasteiger charge is 2.20. The number of pyridine rings is 1. The third kappa shape index (κ3) is 2.05. The van der Waals surface area contributed by atoms with E-state index in [1.165, 1.54) is 24.7 Å². The van der Waals surface area contributed by atoms with E-state index in [0.717, 1.165) is 0 Å². The fourth-order valence-corrected chi connectivity index (χ4v) is 3.03. The maximum Gasteiger partial charge on any atom is 0.266 e. The van der Waals surface area contributed by atoms with Crippen LogP contribution in [0.4, 0.5) is 11.6 Å². The van der Waals surface area contributed by atoms with Crippen LogP contribution in [0, 0.1) is 0 Å². The number of anilines is 2. The maximum absolute atomic E-state index is 12.4. The Morgan fingerprint density at radius 2 is 2.00 bits per heavy atom. The molecule has 0 aliphatic heterocycles. The van der Waals surface area contributed by atoms with Crippen molar-refractivity contribution < 1.29 is 8.42 Å². The summed E-state index contributed by atoms with van der Waals surface area (Å²) in [6.45, 7) is 0. The highest BCUT2D eigenvalue weighted by atomic mass is 32.2. The van der Waals surface area contributed by atoms with Crippen LogP contribution in [0.3, 0.4) is 0 Å². The van der Waals surface area contributed by atoms with Crippen molar-refractivity contribution in [3.63, 3.8) is 0 Å². The van der Waals surface area contributed by atoms with Crippen molar-refractivity contribution >= 4 is 32.6 Å². The molecule has 0 atom stereocenters. The van der Waals surface area contributed by atoms with Gasteiger partial charge in [-0.25, -0.2) is 18.1 Å². The van der Waals surface area contributed by atoms with Gasteiger partial charge in [-0.15, -0.1) is 0 Å². The highest BCUT2D eigenvalue weighted by molar-refractivity contribution is 7.93. The van der Waals surface area contributed by atoms with Crippen LogP contribution in [0.15, 0.2) is 47.8 Å². The van der Waals surface area contributed by atoms with Gasteiger partial charge >= 0.3 is 0 Å². The lowest BCUT2D eigenvalue weighted by Crippen LogP contribution is -2.15. The van der Waals surface area contributed by atoms with Gasteiger partial charge in [0.05, 0.1) is 5.52 Å². The van der Waals surface area contributed by atoms with Crippen LogP contribution in [-0.2, 0) is 10.0 Å². The molecule has 0 radical (unpaired) electrons. The van der Waals surface area contributed by atoms with Crippen molar-refractivity contribution in [2.24, 2.45) is 0 Å². The Labute approximate surface area is 114 Å². The Kier molecular flexibility index (Phi) is 2.79. The number of nitrogens with one attached hydrogen (secondary N) is 2. The van der Waals surface area contributed by atoms with E-state index in [9.17, 15) is 8.42 Å². The number of H-pyrrole nitrogens is 1. The van der Waals surface area contributed by atoms with E-state index in [1.807, 2.05) is 0 Å². The molecule has 0 bridgehead atoms. The first kappa shape index (κ1) is 12.4. The average molecular weight is 289 g/mol. The van der Waals surface area contributed by atoms with Crippen LogP contribution < -0.4 is 10.5 Å². The number of imidazole rings is 1. The first-order valence-corrected chi connectivity index (χ1v) is 7.22. The Hall–Kier alpha value is -2.61. The molecule has 0 saturated heterocycles. The number of nitrogens with zero attached hydrogens (tertiary/aromatic N) is 2. The summed E-state index contributed by atoms with van der Waals surface area (Å²) in [5.41, 5.74) is 6.63. The van der Waals surface area contributed by atoms with Gasteiger partial charge in [0.15, 0.2) is 0 Å². The molecular weight excluding hydrogens is 278 g/mol. The van der Waals surface area contributed by atoms with Gasteiger partial charge in [-0.3, -0.25) is 4.98 Å². The second kappa shape index (κ2) is 4.49. The molecule has 20 heavy (non-hydrogen) atoms. The van der Waals surface area contributed by atoms with E-state index in [1.54, 1.807) is 18.2 Å². The molecular formula is C12H11N5O2S. The van der Waals surface area contributed by atoms with E-state index in [0.29, 0.717) is 16.6 Å². The third-order valence-corrected chi connectivity index (χ3v) is 4.16. The minimum atomic E-state index is -3.79. The van der Waals surface area contributed by atoms with Gasteiger partial charge in [0.25, 0.3) is 10.0 Å². The summed E-state index contributed by atoms with van der Waals surface area (Å²) in [5.74, 6) is 0.144. The number of hydrogen-bond donors (Lipinski definition) is 3. The van der Waals surface area contributed by atoms with E-state index in [4.69, 9.17) is 5.73 Å². The van der Waals surface area contributed by atoms with Gasteiger partial charge in [-0.05, 0) is 24.3 Å². The summed E-state index contributed by atoms with van der Waals surface area (Å²) in [4.78, 5) is 10.7. The van der Waals surface area contributed by atoms with Crippen molar-refractivity contribution in [1.82, 2.24) is 15.0 Å². The molecule has 1 aromatic carbocycles. The topological polar surface area (TPSA) is 114 Å². The zero-order chi connectivity index (χ0) is 14.2. The molecule has 0 amide bonds. The van der Waals surface area contributed by atoms with Crippen LogP contribution in [0.2, 0.25) is 0 Å². The quantitative estimate of drug-likeness (QED) is 0.630. The number of aromatic amines is 1. The molecule has 0 aliphatic rings. The summed E-state index contributed by atoms with van der Waals surface area (Å²) >= 11 is 0. The second-order valence-corrected chi connectivity index (χ2v) is 5.75. The summed E-state index contributed by atoms with van der Waals surface area (Å²) in [6, 6.07) is 6.40. The lowest BCUT2D eigenvalue weighted by Gasteiger charge is -2.09. The lowest BCUT2D eigenvalue weighted by molar-refractivity contribution is 0.601. The predicted octanol–water partition coefficient (Wildman–Crippen LogP) is 1.34. The van der Waals surface area contributed by atoms with Crippen molar-refractivity contribution in [3.05, 3.63) is 42.9 Å².